The van der Waals surface area contributed by atoms with E-state index in [2.05, 4.69) is 15.3 Å². The Morgan fingerprint density at radius 2 is 1.87 bits per heavy atom. The normalized spacial score (nSPS) is 10.0. The summed E-state index contributed by atoms with van der Waals surface area (Å²) in [5.41, 5.74) is 0.789. The lowest BCUT2D eigenvalue weighted by Gasteiger charge is -2.04. The lowest BCUT2D eigenvalue weighted by molar-refractivity contribution is 0.580. The molecule has 0 aliphatic heterocycles. The number of halogens is 2. The monoisotopic (exact) mass is 223 g/mol. The summed E-state index contributed by atoms with van der Waals surface area (Å²) in [4.78, 5) is 7.22. The summed E-state index contributed by atoms with van der Waals surface area (Å²) in [6.45, 7) is 0. The highest BCUT2D eigenvalue weighted by Crippen LogP contribution is 2.17. The number of benzene rings is 1. The second kappa shape index (κ2) is 4.23. The van der Waals surface area contributed by atoms with Gasteiger partial charge >= 0.3 is 0 Å². The molecular weight excluding hydrogens is 217 g/mol. The molecule has 0 radical (unpaired) electrons. The Morgan fingerprint density at radius 1 is 1.13 bits per heavy atom. The zero-order valence-corrected chi connectivity index (χ0v) is 8.37. The van der Waals surface area contributed by atoms with E-state index in [1.54, 1.807) is 24.3 Å². The van der Waals surface area contributed by atoms with Gasteiger partial charge in [-0.05, 0) is 24.3 Å². The third-order valence-corrected chi connectivity index (χ3v) is 2.00. The van der Waals surface area contributed by atoms with Crippen molar-refractivity contribution >= 4 is 23.1 Å². The molecule has 0 saturated heterocycles. The van der Waals surface area contributed by atoms with Crippen LogP contribution >= 0.6 is 11.6 Å². The van der Waals surface area contributed by atoms with Crippen LogP contribution in [-0.2, 0) is 0 Å². The molecule has 0 fully saturated rings. The van der Waals surface area contributed by atoms with Crippen LogP contribution < -0.4 is 5.32 Å². The van der Waals surface area contributed by atoms with Gasteiger partial charge in [0, 0.05) is 16.8 Å². The van der Waals surface area contributed by atoms with Crippen molar-refractivity contribution in [3.63, 3.8) is 0 Å². The average molecular weight is 224 g/mol. The van der Waals surface area contributed by atoms with Crippen LogP contribution in [0, 0.1) is 5.95 Å². The SMILES string of the molecule is Fc1cc(Nc2ccc(Cl)cc2)ncn1. The summed E-state index contributed by atoms with van der Waals surface area (Å²) in [6, 6.07) is 8.25. The van der Waals surface area contributed by atoms with E-state index >= 15 is 0 Å². The Hall–Kier alpha value is -1.68. The molecule has 3 nitrogen and oxygen atoms in total. The molecule has 0 atom stereocenters. The number of anilines is 2. The first-order valence-electron chi connectivity index (χ1n) is 4.24. The van der Waals surface area contributed by atoms with E-state index in [0.717, 1.165) is 12.0 Å². The Kier molecular flexibility index (Phi) is 2.78. The van der Waals surface area contributed by atoms with Crippen molar-refractivity contribution in [3.8, 4) is 0 Å². The number of hydrogen-bond acceptors (Lipinski definition) is 3. The highest BCUT2D eigenvalue weighted by molar-refractivity contribution is 6.30. The van der Waals surface area contributed by atoms with Crippen molar-refractivity contribution in [1.29, 1.82) is 0 Å². The van der Waals surface area contributed by atoms with Crippen LogP contribution in [-0.4, -0.2) is 9.97 Å². The molecule has 0 aliphatic rings. The first-order chi connectivity index (χ1) is 7.24. The molecule has 1 aromatic carbocycles. The molecule has 15 heavy (non-hydrogen) atoms. The van der Waals surface area contributed by atoms with Crippen molar-refractivity contribution in [3.05, 3.63) is 47.6 Å². The number of nitrogens with one attached hydrogen (secondary N) is 1. The van der Waals surface area contributed by atoms with Crippen LogP contribution in [0.15, 0.2) is 36.7 Å². The summed E-state index contributed by atoms with van der Waals surface area (Å²) in [5, 5.41) is 3.57. The smallest absolute Gasteiger partial charge is 0.218 e. The molecular formula is C10H7ClFN3. The minimum atomic E-state index is -0.568. The van der Waals surface area contributed by atoms with E-state index in [1.165, 1.54) is 6.07 Å². The van der Waals surface area contributed by atoms with Gasteiger partial charge < -0.3 is 5.32 Å². The molecule has 76 valence electrons. The zero-order valence-electron chi connectivity index (χ0n) is 7.61. The highest BCUT2D eigenvalue weighted by atomic mass is 35.5. The van der Waals surface area contributed by atoms with Gasteiger partial charge in [0.1, 0.15) is 12.1 Å². The molecule has 0 aliphatic carbocycles. The van der Waals surface area contributed by atoms with Gasteiger partial charge in [-0.25, -0.2) is 9.97 Å². The molecule has 1 N–H and O–H groups in total. The van der Waals surface area contributed by atoms with Gasteiger partial charge in [-0.3, -0.25) is 0 Å². The standard InChI is InChI=1S/C10H7ClFN3/c11-7-1-3-8(4-2-7)15-10-5-9(12)13-6-14-10/h1-6H,(H,13,14,15). The van der Waals surface area contributed by atoms with Crippen molar-refractivity contribution < 1.29 is 4.39 Å². The number of nitrogens with zero attached hydrogens (tertiary/aromatic N) is 2. The molecule has 2 aromatic rings. The molecule has 5 heteroatoms. The van der Waals surface area contributed by atoms with Crippen LogP contribution in [0.1, 0.15) is 0 Å². The molecule has 0 amide bonds. The van der Waals surface area contributed by atoms with E-state index in [9.17, 15) is 4.39 Å². The van der Waals surface area contributed by atoms with Crippen molar-refractivity contribution in [1.82, 2.24) is 9.97 Å². The first-order valence-corrected chi connectivity index (χ1v) is 4.62. The van der Waals surface area contributed by atoms with Gasteiger partial charge in [0.15, 0.2) is 0 Å². The largest absolute Gasteiger partial charge is 0.340 e. The Labute approximate surface area is 90.9 Å². The minimum Gasteiger partial charge on any atom is -0.340 e. The third-order valence-electron chi connectivity index (χ3n) is 1.75. The second-order valence-electron chi connectivity index (χ2n) is 2.86. The Bertz CT molecular complexity index is 458. The predicted octanol–water partition coefficient (Wildman–Crippen LogP) is 3.01. The predicted molar refractivity (Wildman–Crippen MR) is 56.7 cm³/mol. The van der Waals surface area contributed by atoms with Gasteiger partial charge in [0.25, 0.3) is 0 Å². The van der Waals surface area contributed by atoms with E-state index in [0.29, 0.717) is 10.8 Å². The average Bonchev–Trinajstić information content (AvgIpc) is 2.22. The quantitative estimate of drug-likeness (QED) is 0.796. The van der Waals surface area contributed by atoms with E-state index in [4.69, 9.17) is 11.6 Å². The van der Waals surface area contributed by atoms with Crippen LogP contribution in [0.3, 0.4) is 0 Å². The number of rotatable bonds is 2. The molecule has 1 aromatic heterocycles. The number of aromatic nitrogens is 2. The fourth-order valence-electron chi connectivity index (χ4n) is 1.08. The lowest BCUT2D eigenvalue weighted by Crippen LogP contribution is -1.95. The zero-order chi connectivity index (χ0) is 10.7. The van der Waals surface area contributed by atoms with Crippen LogP contribution in [0.25, 0.3) is 0 Å². The summed E-state index contributed by atoms with van der Waals surface area (Å²) >= 11 is 5.73. The second-order valence-corrected chi connectivity index (χ2v) is 3.29. The maximum Gasteiger partial charge on any atom is 0.218 e. The summed E-state index contributed by atoms with van der Waals surface area (Å²) in [7, 11) is 0. The fraction of sp³-hybridized carbons (Fsp3) is 0. The maximum atomic E-state index is 12.7. The highest BCUT2D eigenvalue weighted by Gasteiger charge is 1.98. The van der Waals surface area contributed by atoms with Crippen LogP contribution in [0.4, 0.5) is 15.9 Å². The molecule has 0 saturated carbocycles. The molecule has 1 heterocycles. The molecule has 0 unspecified atom stereocenters. The van der Waals surface area contributed by atoms with E-state index in [1.807, 2.05) is 0 Å². The van der Waals surface area contributed by atoms with Crippen molar-refractivity contribution in [2.75, 3.05) is 5.32 Å². The fourth-order valence-corrected chi connectivity index (χ4v) is 1.21. The van der Waals surface area contributed by atoms with Gasteiger partial charge in [-0.1, -0.05) is 11.6 Å². The van der Waals surface area contributed by atoms with Gasteiger partial charge in [0.05, 0.1) is 0 Å². The van der Waals surface area contributed by atoms with E-state index in [-0.39, 0.29) is 0 Å². The Balaban J connectivity index is 2.18. The molecule has 0 bridgehead atoms. The summed E-state index contributed by atoms with van der Waals surface area (Å²) < 4.78 is 12.7. The van der Waals surface area contributed by atoms with Crippen molar-refractivity contribution in [2.45, 2.75) is 0 Å². The van der Waals surface area contributed by atoms with Gasteiger partial charge in [-0.15, -0.1) is 0 Å². The van der Waals surface area contributed by atoms with Gasteiger partial charge in [0.2, 0.25) is 5.95 Å². The summed E-state index contributed by atoms with van der Waals surface area (Å²) in [5.74, 6) is -0.161. The van der Waals surface area contributed by atoms with Gasteiger partial charge in [-0.2, -0.15) is 4.39 Å². The first kappa shape index (κ1) is 9.86. The molecule has 2 rings (SSSR count). The summed E-state index contributed by atoms with van der Waals surface area (Å²) in [6.07, 6.45) is 1.16. The third kappa shape index (κ3) is 2.63. The maximum absolute atomic E-state index is 12.7. The topological polar surface area (TPSA) is 37.8 Å². The van der Waals surface area contributed by atoms with Crippen molar-refractivity contribution in [2.24, 2.45) is 0 Å². The van der Waals surface area contributed by atoms with Crippen LogP contribution in [0.5, 0.6) is 0 Å². The minimum absolute atomic E-state index is 0.407. The molecule has 0 spiro atoms. The van der Waals surface area contributed by atoms with E-state index < -0.39 is 5.95 Å². The number of hydrogen-bond donors (Lipinski definition) is 1. The lowest BCUT2D eigenvalue weighted by atomic mass is 10.3. The Morgan fingerprint density at radius 3 is 2.53 bits per heavy atom. The van der Waals surface area contributed by atoms with Crippen LogP contribution in [0.2, 0.25) is 5.02 Å².